The Labute approximate surface area is 221 Å². The topological polar surface area (TPSA) is 143 Å². The lowest BCUT2D eigenvalue weighted by molar-refractivity contribution is -0.385. The molecule has 0 atom stereocenters. The van der Waals surface area contributed by atoms with Crippen LogP contribution in [-0.4, -0.2) is 50.6 Å². The first-order valence-corrected chi connectivity index (χ1v) is 13.0. The zero-order valence-electron chi connectivity index (χ0n) is 21.7. The van der Waals surface area contributed by atoms with Gasteiger partial charge < -0.3 is 9.64 Å². The minimum absolute atomic E-state index is 0.0642. The van der Waals surface area contributed by atoms with Gasteiger partial charge in [0.15, 0.2) is 6.61 Å². The molecule has 0 aromatic heterocycles. The molecule has 3 rings (SSSR count). The second-order valence-corrected chi connectivity index (χ2v) is 10.4. The van der Waals surface area contributed by atoms with Crippen molar-refractivity contribution in [3.05, 3.63) is 87.5 Å². The number of hydrogen-bond acceptors (Lipinski definition) is 8. The maximum Gasteiger partial charge on any atom is 0.270 e. The summed E-state index contributed by atoms with van der Waals surface area (Å²) in [4.78, 5) is 23.5. The number of amides is 1. The van der Waals surface area contributed by atoms with E-state index < -0.39 is 14.9 Å². The van der Waals surface area contributed by atoms with Crippen molar-refractivity contribution in [1.29, 1.82) is 0 Å². The monoisotopic (exact) mass is 539 g/mol. The van der Waals surface area contributed by atoms with Gasteiger partial charge in [-0.2, -0.15) is 5.10 Å². The van der Waals surface area contributed by atoms with Gasteiger partial charge in [0.1, 0.15) is 10.6 Å². The minimum atomic E-state index is -4.21. The molecule has 0 aliphatic heterocycles. The highest BCUT2D eigenvalue weighted by atomic mass is 32.2. The molecule has 11 nitrogen and oxygen atoms in total. The fourth-order valence-electron chi connectivity index (χ4n) is 3.34. The van der Waals surface area contributed by atoms with Crippen LogP contribution in [0.25, 0.3) is 0 Å². The average Bonchev–Trinajstić information content (AvgIpc) is 2.87. The van der Waals surface area contributed by atoms with Crippen LogP contribution in [0.3, 0.4) is 0 Å². The van der Waals surface area contributed by atoms with Crippen molar-refractivity contribution >= 4 is 38.7 Å². The molecule has 12 heteroatoms. The number of hydrogen-bond donors (Lipinski definition) is 2. The third kappa shape index (κ3) is 7.07. The molecule has 0 aliphatic rings. The van der Waals surface area contributed by atoms with Gasteiger partial charge in [0, 0.05) is 26.2 Å². The predicted octanol–water partition coefficient (Wildman–Crippen LogP) is 4.32. The Morgan fingerprint density at radius 1 is 1.03 bits per heavy atom. The maximum atomic E-state index is 13.3. The molecule has 0 heterocycles. The first kappa shape index (κ1) is 28.1. The Bertz CT molecular complexity index is 1480. The number of anilines is 2. The number of ether oxygens (including phenoxy) is 1. The highest BCUT2D eigenvalue weighted by Gasteiger charge is 2.23. The lowest BCUT2D eigenvalue weighted by Gasteiger charge is -2.14. The van der Waals surface area contributed by atoms with Gasteiger partial charge in [0.05, 0.1) is 22.0 Å². The van der Waals surface area contributed by atoms with Crippen molar-refractivity contribution in [3.8, 4) is 5.75 Å². The zero-order chi connectivity index (χ0) is 28.0. The van der Waals surface area contributed by atoms with Crippen molar-refractivity contribution in [2.75, 3.05) is 30.9 Å². The smallest absolute Gasteiger partial charge is 0.270 e. The quantitative estimate of drug-likeness (QED) is 0.222. The van der Waals surface area contributed by atoms with E-state index in [4.69, 9.17) is 4.74 Å². The van der Waals surface area contributed by atoms with E-state index in [-0.39, 0.29) is 28.8 Å². The van der Waals surface area contributed by atoms with Crippen LogP contribution in [0.4, 0.5) is 17.1 Å². The van der Waals surface area contributed by atoms with Crippen molar-refractivity contribution in [3.63, 3.8) is 0 Å². The summed E-state index contributed by atoms with van der Waals surface area (Å²) in [6, 6.07) is 15.6. The van der Waals surface area contributed by atoms with Crippen LogP contribution >= 0.6 is 0 Å². The first-order valence-electron chi connectivity index (χ1n) is 11.5. The average molecular weight is 540 g/mol. The van der Waals surface area contributed by atoms with E-state index in [1.54, 1.807) is 64.3 Å². The third-order valence-corrected chi connectivity index (χ3v) is 6.97. The largest absolute Gasteiger partial charge is 0.484 e. The summed E-state index contributed by atoms with van der Waals surface area (Å²) in [6.07, 6.45) is 0. The molecule has 0 bridgehead atoms. The summed E-state index contributed by atoms with van der Waals surface area (Å²) in [5, 5.41) is 15.6. The van der Waals surface area contributed by atoms with Gasteiger partial charge >= 0.3 is 0 Å². The number of nitrogens with zero attached hydrogens (tertiary/aromatic N) is 3. The molecule has 2 N–H and O–H groups in total. The highest BCUT2D eigenvalue weighted by molar-refractivity contribution is 7.92. The van der Waals surface area contributed by atoms with Crippen LogP contribution in [0.1, 0.15) is 23.6 Å². The Morgan fingerprint density at radius 3 is 2.29 bits per heavy atom. The number of benzene rings is 3. The Kier molecular flexibility index (Phi) is 8.68. The van der Waals surface area contributed by atoms with Crippen LogP contribution in [-0.2, 0) is 14.8 Å². The molecule has 0 unspecified atom stereocenters. The van der Waals surface area contributed by atoms with Crippen LogP contribution in [0.2, 0.25) is 0 Å². The molecular formula is C26H29N5O6S. The molecular weight excluding hydrogens is 510 g/mol. The van der Waals surface area contributed by atoms with E-state index >= 15 is 0 Å². The lowest BCUT2D eigenvalue weighted by atomic mass is 10.1. The first-order chi connectivity index (χ1) is 17.9. The molecule has 3 aromatic carbocycles. The molecule has 0 radical (unpaired) electrons. The van der Waals surface area contributed by atoms with Crippen molar-refractivity contribution < 1.29 is 22.9 Å². The fourth-order valence-corrected chi connectivity index (χ4v) is 4.65. The van der Waals surface area contributed by atoms with Gasteiger partial charge in [-0.15, -0.1) is 0 Å². The van der Waals surface area contributed by atoms with Crippen LogP contribution in [0.5, 0.6) is 5.75 Å². The highest BCUT2D eigenvalue weighted by Crippen LogP contribution is 2.29. The van der Waals surface area contributed by atoms with Crippen LogP contribution < -0.4 is 14.9 Å². The standard InChI is InChI=1S/C26H29N5O6S/c1-17-6-12-23(18(2)14-17)29-38(35,36)25-15-21(31(33)34)9-13-24(25)28-27-19(3)20-7-10-22(11-8-20)37-16-26(32)30(4)5/h6-15,28-29H,16H2,1-5H3/b27-19-. The van der Waals surface area contributed by atoms with Crippen molar-refractivity contribution in [2.24, 2.45) is 5.10 Å². The van der Waals surface area contributed by atoms with E-state index in [2.05, 4.69) is 15.2 Å². The van der Waals surface area contributed by atoms with E-state index in [9.17, 15) is 23.3 Å². The van der Waals surface area contributed by atoms with Gasteiger partial charge in [-0.25, -0.2) is 8.42 Å². The summed E-state index contributed by atoms with van der Waals surface area (Å²) in [5.74, 6) is 0.336. The van der Waals surface area contributed by atoms with Gasteiger partial charge in [0.2, 0.25) is 0 Å². The number of non-ortho nitro benzene ring substituents is 1. The number of nitro groups is 1. The summed E-state index contributed by atoms with van der Waals surface area (Å²) in [7, 11) is -0.923. The van der Waals surface area contributed by atoms with Crippen molar-refractivity contribution in [1.82, 2.24) is 4.90 Å². The van der Waals surface area contributed by atoms with Gasteiger partial charge in [-0.3, -0.25) is 25.1 Å². The van der Waals surface area contributed by atoms with E-state index in [1.807, 2.05) is 13.0 Å². The van der Waals surface area contributed by atoms with Crippen LogP contribution in [0.15, 0.2) is 70.7 Å². The summed E-state index contributed by atoms with van der Waals surface area (Å²) in [5.41, 5.74) is 5.68. The second-order valence-electron chi connectivity index (χ2n) is 8.77. The molecule has 0 saturated heterocycles. The molecule has 3 aromatic rings. The summed E-state index contributed by atoms with van der Waals surface area (Å²) in [6.45, 7) is 5.28. The number of rotatable bonds is 10. The minimum Gasteiger partial charge on any atom is -0.484 e. The lowest BCUT2D eigenvalue weighted by Crippen LogP contribution is -2.27. The normalized spacial score (nSPS) is 11.6. The molecule has 0 fully saturated rings. The molecule has 0 saturated carbocycles. The number of sulfonamides is 1. The number of nitrogens with one attached hydrogen (secondary N) is 2. The number of nitro benzene ring substituents is 1. The van der Waals surface area contributed by atoms with Gasteiger partial charge in [-0.1, -0.05) is 17.7 Å². The SMILES string of the molecule is C/C(=N/Nc1ccc([N+](=O)[O-])cc1S(=O)(=O)Nc1ccc(C)cc1C)c1ccc(OCC(=O)N(C)C)cc1. The number of carbonyl (C=O) groups is 1. The molecule has 0 aliphatic carbocycles. The number of likely N-dealkylation sites (N-methyl/N-ethyl adjacent to an activating group) is 1. The Morgan fingerprint density at radius 2 is 1.68 bits per heavy atom. The molecule has 38 heavy (non-hydrogen) atoms. The zero-order valence-corrected chi connectivity index (χ0v) is 22.5. The van der Waals surface area contributed by atoms with E-state index in [0.29, 0.717) is 28.3 Å². The number of aryl methyl sites for hydroxylation is 2. The molecule has 0 spiro atoms. The fraction of sp³-hybridized carbons (Fsp3) is 0.231. The molecule has 200 valence electrons. The molecule has 1 amide bonds. The Hall–Kier alpha value is -4.45. The van der Waals surface area contributed by atoms with E-state index in [1.165, 1.54) is 17.0 Å². The predicted molar refractivity (Wildman–Crippen MR) is 146 cm³/mol. The van der Waals surface area contributed by atoms with Gasteiger partial charge in [-0.05, 0) is 68.3 Å². The maximum absolute atomic E-state index is 13.3. The summed E-state index contributed by atoms with van der Waals surface area (Å²) < 4.78 is 34.5. The summed E-state index contributed by atoms with van der Waals surface area (Å²) >= 11 is 0. The number of hydrazone groups is 1. The van der Waals surface area contributed by atoms with E-state index in [0.717, 1.165) is 11.6 Å². The van der Waals surface area contributed by atoms with Gasteiger partial charge in [0.25, 0.3) is 21.6 Å². The number of carbonyl (C=O) groups excluding carboxylic acids is 1. The second kappa shape index (κ2) is 11.7. The Balaban J connectivity index is 1.85. The third-order valence-electron chi connectivity index (χ3n) is 5.57. The van der Waals surface area contributed by atoms with Crippen molar-refractivity contribution in [2.45, 2.75) is 25.7 Å². The van der Waals surface area contributed by atoms with Crippen LogP contribution in [0, 0.1) is 24.0 Å².